The Morgan fingerprint density at radius 2 is 2.10 bits per heavy atom. The maximum atomic E-state index is 10.3. The van der Waals surface area contributed by atoms with Gasteiger partial charge in [-0.3, -0.25) is 4.79 Å². The summed E-state index contributed by atoms with van der Waals surface area (Å²) in [7, 11) is 0. The molecule has 0 atom stereocenters. The van der Waals surface area contributed by atoms with Gasteiger partial charge in [0, 0.05) is 12.4 Å². The molecule has 0 aliphatic carbocycles. The van der Waals surface area contributed by atoms with Gasteiger partial charge >= 0.3 is 5.97 Å². The van der Waals surface area contributed by atoms with Crippen molar-refractivity contribution in [3.8, 4) is 0 Å². The molecule has 0 radical (unpaired) electrons. The quantitative estimate of drug-likeness (QED) is 0.443. The van der Waals surface area contributed by atoms with Crippen molar-refractivity contribution in [2.75, 3.05) is 11.9 Å². The number of carbonyl (C=O) groups is 2. The van der Waals surface area contributed by atoms with Gasteiger partial charge in [0.05, 0.1) is 6.61 Å². The highest BCUT2D eigenvalue weighted by Crippen LogP contribution is 1.86. The fraction of sp³-hybridized carbons (Fsp3) is 0.600. The van der Waals surface area contributed by atoms with E-state index in [1.54, 1.807) is 0 Å². The number of esters is 1. The van der Waals surface area contributed by atoms with Crippen LogP contribution >= 0.6 is 15.9 Å². The van der Waals surface area contributed by atoms with Crippen molar-refractivity contribution in [3.63, 3.8) is 0 Å². The number of carbonyl (C=O) groups excluding carboxylic acids is 2. The van der Waals surface area contributed by atoms with E-state index < -0.39 is 11.9 Å². The van der Waals surface area contributed by atoms with Crippen LogP contribution in [0.4, 0.5) is 0 Å². The first kappa shape index (κ1) is 9.42. The van der Waals surface area contributed by atoms with Gasteiger partial charge in [0.1, 0.15) is 5.33 Å². The Hall–Kier alpha value is -0.580. The Balaban J connectivity index is 3.20. The Labute approximate surface area is 66.3 Å². The van der Waals surface area contributed by atoms with Crippen molar-refractivity contribution in [1.82, 2.24) is 0 Å². The molecule has 0 saturated carbocycles. The molecule has 0 unspecified atom stereocenters. The van der Waals surface area contributed by atoms with Crippen molar-refractivity contribution >= 4 is 27.9 Å². The molecular weight excluding hydrogens is 204 g/mol. The average Bonchev–Trinajstić information content (AvgIpc) is 1.87. The van der Waals surface area contributed by atoms with Crippen LogP contribution in [-0.2, 0) is 14.3 Å². The van der Waals surface area contributed by atoms with Gasteiger partial charge < -0.3 is 14.6 Å². The summed E-state index contributed by atoms with van der Waals surface area (Å²) in [6, 6.07) is 0. The molecule has 0 aliphatic heterocycles. The van der Waals surface area contributed by atoms with Crippen molar-refractivity contribution in [2.45, 2.75) is 6.42 Å². The summed E-state index contributed by atoms with van der Waals surface area (Å²) in [4.78, 5) is 20.1. The fourth-order valence-corrected chi connectivity index (χ4v) is 0.449. The minimum absolute atomic E-state index is 0.0834. The third-order valence-electron chi connectivity index (χ3n) is 0.678. The van der Waals surface area contributed by atoms with Crippen LogP contribution in [0.2, 0.25) is 0 Å². The van der Waals surface area contributed by atoms with Crippen LogP contribution in [0, 0.1) is 0 Å². The third kappa shape index (κ3) is 5.55. The summed E-state index contributed by atoms with van der Waals surface area (Å²) in [5.74, 6) is -1.69. The van der Waals surface area contributed by atoms with Gasteiger partial charge in [-0.2, -0.15) is 0 Å². The summed E-state index contributed by atoms with van der Waals surface area (Å²) in [6.45, 7) is -0.118. The molecule has 0 rings (SSSR count). The number of carboxylic acids is 1. The van der Waals surface area contributed by atoms with Crippen LogP contribution in [0.5, 0.6) is 0 Å². The van der Waals surface area contributed by atoms with Gasteiger partial charge in [0.25, 0.3) is 0 Å². The van der Waals surface area contributed by atoms with Crippen LogP contribution in [-0.4, -0.2) is 23.9 Å². The van der Waals surface area contributed by atoms with Gasteiger partial charge in [0.2, 0.25) is 0 Å². The molecule has 58 valence electrons. The Kier molecular flexibility index (Phi) is 4.92. The van der Waals surface area contributed by atoms with Crippen LogP contribution in [0.3, 0.4) is 0 Å². The summed E-state index contributed by atoms with van der Waals surface area (Å²) < 4.78 is 4.40. The number of ether oxygens (including phenoxy) is 1. The zero-order valence-electron chi connectivity index (χ0n) is 5.13. The van der Waals surface area contributed by atoms with E-state index >= 15 is 0 Å². The molecule has 0 fully saturated rings. The zero-order chi connectivity index (χ0) is 7.98. The Bertz CT molecular complexity index is 134. The molecule has 0 bridgehead atoms. The number of halogens is 1. The van der Waals surface area contributed by atoms with Crippen molar-refractivity contribution < 1.29 is 19.4 Å². The zero-order valence-corrected chi connectivity index (χ0v) is 6.72. The lowest BCUT2D eigenvalue weighted by Crippen LogP contribution is -2.24. The highest BCUT2D eigenvalue weighted by atomic mass is 79.9. The minimum atomic E-state index is -1.22. The van der Waals surface area contributed by atoms with Crippen LogP contribution in [0.25, 0.3) is 0 Å². The SMILES string of the molecule is O=C([O-])CCOC(=O)CBr. The Morgan fingerprint density at radius 1 is 1.50 bits per heavy atom. The predicted octanol–water partition coefficient (Wildman–Crippen LogP) is -0.936. The summed E-state index contributed by atoms with van der Waals surface area (Å²) in [6.07, 6.45) is -0.251. The maximum Gasteiger partial charge on any atom is 0.316 e. The molecule has 0 spiro atoms. The van der Waals surface area contributed by atoms with Crippen LogP contribution < -0.4 is 5.11 Å². The number of hydrogen-bond acceptors (Lipinski definition) is 4. The lowest BCUT2D eigenvalue weighted by Gasteiger charge is -2.01. The van der Waals surface area contributed by atoms with Crippen LogP contribution in [0.15, 0.2) is 0 Å². The molecule has 4 nitrogen and oxygen atoms in total. The first-order valence-electron chi connectivity index (χ1n) is 2.58. The molecule has 0 aromatic heterocycles. The molecular formula is C5H6BrO4-. The van der Waals surface area contributed by atoms with E-state index in [0.29, 0.717) is 0 Å². The molecule has 0 aromatic carbocycles. The van der Waals surface area contributed by atoms with E-state index in [-0.39, 0.29) is 18.4 Å². The summed E-state index contributed by atoms with van der Waals surface area (Å²) in [5, 5.41) is 9.84. The molecule has 0 amide bonds. The third-order valence-corrected chi connectivity index (χ3v) is 1.14. The highest BCUT2D eigenvalue weighted by Gasteiger charge is 1.97. The fourth-order valence-electron chi connectivity index (χ4n) is 0.287. The number of hydrogen-bond donors (Lipinski definition) is 0. The van der Waals surface area contributed by atoms with E-state index in [9.17, 15) is 14.7 Å². The summed E-state index contributed by atoms with van der Waals surface area (Å²) >= 11 is 2.84. The van der Waals surface area contributed by atoms with E-state index in [1.807, 2.05) is 0 Å². The first-order valence-corrected chi connectivity index (χ1v) is 3.70. The van der Waals surface area contributed by atoms with Crippen molar-refractivity contribution in [1.29, 1.82) is 0 Å². The number of aliphatic carboxylic acids is 1. The lowest BCUT2D eigenvalue weighted by atomic mass is 10.5. The average molecular weight is 210 g/mol. The lowest BCUT2D eigenvalue weighted by molar-refractivity contribution is -0.306. The second-order valence-electron chi connectivity index (χ2n) is 1.48. The van der Waals surface area contributed by atoms with E-state index in [2.05, 4.69) is 20.7 Å². The van der Waals surface area contributed by atoms with Gasteiger partial charge in [0.15, 0.2) is 0 Å². The number of carboxylic acid groups (broad SMARTS) is 1. The van der Waals surface area contributed by atoms with E-state index in [0.717, 1.165) is 0 Å². The predicted molar refractivity (Wildman–Crippen MR) is 34.4 cm³/mol. The monoisotopic (exact) mass is 209 g/mol. The van der Waals surface area contributed by atoms with Crippen LogP contribution in [0.1, 0.15) is 6.42 Å². The number of rotatable bonds is 4. The maximum absolute atomic E-state index is 10.3. The minimum Gasteiger partial charge on any atom is -0.550 e. The topological polar surface area (TPSA) is 66.4 Å². The number of alkyl halides is 1. The molecule has 0 heterocycles. The second-order valence-corrected chi connectivity index (χ2v) is 2.04. The molecule has 0 aliphatic rings. The molecule has 0 aromatic rings. The van der Waals surface area contributed by atoms with Crippen molar-refractivity contribution in [3.05, 3.63) is 0 Å². The molecule has 0 N–H and O–H groups in total. The molecule has 10 heavy (non-hydrogen) atoms. The first-order chi connectivity index (χ1) is 4.66. The summed E-state index contributed by atoms with van der Waals surface area (Å²) in [5.41, 5.74) is 0. The van der Waals surface area contributed by atoms with Gasteiger partial charge in [-0.25, -0.2) is 0 Å². The standard InChI is InChI=1S/C5H7BrO4/c6-3-5(9)10-2-1-4(7)8/h1-3H2,(H,7,8)/p-1. The Morgan fingerprint density at radius 3 is 2.50 bits per heavy atom. The molecule has 0 saturated heterocycles. The van der Waals surface area contributed by atoms with E-state index in [4.69, 9.17) is 0 Å². The smallest absolute Gasteiger partial charge is 0.316 e. The van der Waals surface area contributed by atoms with Crippen molar-refractivity contribution in [2.24, 2.45) is 0 Å². The second kappa shape index (κ2) is 5.22. The molecule has 5 heteroatoms. The highest BCUT2D eigenvalue weighted by molar-refractivity contribution is 9.09. The normalized spacial score (nSPS) is 8.90. The largest absolute Gasteiger partial charge is 0.550 e. The van der Waals surface area contributed by atoms with Gasteiger partial charge in [-0.1, -0.05) is 15.9 Å². The van der Waals surface area contributed by atoms with Gasteiger partial charge in [-0.05, 0) is 0 Å². The van der Waals surface area contributed by atoms with Gasteiger partial charge in [-0.15, -0.1) is 0 Å². The van der Waals surface area contributed by atoms with E-state index in [1.165, 1.54) is 0 Å².